The summed E-state index contributed by atoms with van der Waals surface area (Å²) in [6.07, 6.45) is 1.86. The van der Waals surface area contributed by atoms with Gasteiger partial charge in [-0.1, -0.05) is 24.8 Å². The Bertz CT molecular complexity index is 1190. The predicted molar refractivity (Wildman–Crippen MR) is 119 cm³/mol. The molecule has 174 valence electrons. The second-order valence-electron chi connectivity index (χ2n) is 7.02. The highest BCUT2D eigenvalue weighted by Crippen LogP contribution is 2.53. The van der Waals surface area contributed by atoms with Gasteiger partial charge in [0.15, 0.2) is 23.2 Å². The number of fused-ring (bicyclic) bond motifs is 1. The fourth-order valence-electron chi connectivity index (χ4n) is 3.38. The van der Waals surface area contributed by atoms with Gasteiger partial charge in [0, 0.05) is 12.0 Å². The molecule has 1 saturated heterocycles. The van der Waals surface area contributed by atoms with E-state index in [0.717, 1.165) is 0 Å². The summed E-state index contributed by atoms with van der Waals surface area (Å²) in [5.74, 6) is 0.245. The number of carbonyl (C=O) groups is 1. The van der Waals surface area contributed by atoms with Crippen LogP contribution in [-0.4, -0.2) is 44.7 Å². The van der Waals surface area contributed by atoms with Gasteiger partial charge in [-0.3, -0.25) is 22.9 Å². The van der Waals surface area contributed by atoms with Crippen molar-refractivity contribution in [2.75, 3.05) is 18.5 Å². The van der Waals surface area contributed by atoms with Crippen LogP contribution in [0.5, 0.6) is 0 Å². The molecule has 12 heteroatoms. The number of anilines is 1. The molecule has 2 atom stereocenters. The molecule has 0 aliphatic carbocycles. The normalized spacial score (nSPS) is 18.4. The first-order valence-corrected chi connectivity index (χ1v) is 11.9. The predicted octanol–water partition coefficient (Wildman–Crippen LogP) is 4.08. The van der Waals surface area contributed by atoms with Gasteiger partial charge in [0.25, 0.3) is 5.91 Å². The summed E-state index contributed by atoms with van der Waals surface area (Å²) in [6, 6.07) is 8.78. The maximum Gasteiger partial charge on any atom is 0.475 e. The standard InChI is InChI=1S/C21H24N5O6P/c1-4-29-33(28,30-5-2)32-16-11-17(31-14(16)3)26-13-24-18-19(22-12-23-20(18)26)25-21(27)15-9-7-6-8-10-15/h6-10,12-13,16-17H,3-5,11H2,1-2H3,(H,22,23,25,27)/t16-,17+/m0/s1. The maximum atomic E-state index is 12.7. The Morgan fingerprint density at radius 2 is 1.94 bits per heavy atom. The van der Waals surface area contributed by atoms with Crippen molar-refractivity contribution in [3.63, 3.8) is 0 Å². The second-order valence-corrected chi connectivity index (χ2v) is 8.64. The van der Waals surface area contributed by atoms with Gasteiger partial charge in [0.2, 0.25) is 0 Å². The zero-order valence-electron chi connectivity index (χ0n) is 18.2. The van der Waals surface area contributed by atoms with Crippen molar-refractivity contribution in [2.45, 2.75) is 32.6 Å². The average Bonchev–Trinajstić information content (AvgIpc) is 3.38. The molecule has 33 heavy (non-hydrogen) atoms. The zero-order chi connectivity index (χ0) is 23.4. The lowest BCUT2D eigenvalue weighted by Crippen LogP contribution is -2.14. The Labute approximate surface area is 190 Å². The van der Waals surface area contributed by atoms with Crippen LogP contribution in [0.15, 0.2) is 55.3 Å². The minimum atomic E-state index is -3.75. The number of rotatable bonds is 9. The number of phosphoric acid groups is 1. The van der Waals surface area contributed by atoms with Gasteiger partial charge < -0.3 is 10.1 Å². The quantitative estimate of drug-likeness (QED) is 0.457. The average molecular weight is 473 g/mol. The van der Waals surface area contributed by atoms with Crippen LogP contribution in [0.4, 0.5) is 5.82 Å². The fourth-order valence-corrected chi connectivity index (χ4v) is 4.72. The fraction of sp³-hybridized carbons (Fsp3) is 0.333. The Kier molecular flexibility index (Phi) is 6.85. The first kappa shape index (κ1) is 23.1. The van der Waals surface area contributed by atoms with Gasteiger partial charge >= 0.3 is 7.82 Å². The molecular weight excluding hydrogens is 449 g/mol. The number of hydrogen-bond donors (Lipinski definition) is 1. The molecule has 11 nitrogen and oxygen atoms in total. The molecule has 1 aromatic carbocycles. The van der Waals surface area contributed by atoms with E-state index in [4.69, 9.17) is 18.3 Å². The summed E-state index contributed by atoms with van der Waals surface area (Å²) < 4.78 is 36.3. The van der Waals surface area contributed by atoms with Crippen LogP contribution in [0.1, 0.15) is 36.9 Å². The topological polar surface area (TPSA) is 127 Å². The molecule has 0 spiro atoms. The van der Waals surface area contributed by atoms with Crippen LogP contribution >= 0.6 is 7.82 Å². The largest absolute Gasteiger partial charge is 0.475 e. The summed E-state index contributed by atoms with van der Waals surface area (Å²) in [5.41, 5.74) is 1.34. The number of amides is 1. The third kappa shape index (κ3) is 4.96. The summed E-state index contributed by atoms with van der Waals surface area (Å²) in [7, 11) is -3.75. The highest BCUT2D eigenvalue weighted by atomic mass is 31.2. The number of nitrogens with one attached hydrogen (secondary N) is 1. The summed E-state index contributed by atoms with van der Waals surface area (Å²) >= 11 is 0. The van der Waals surface area contributed by atoms with Gasteiger partial charge in [0.05, 0.1) is 13.2 Å². The number of imidazole rings is 1. The smallest absolute Gasteiger partial charge is 0.472 e. The molecule has 4 rings (SSSR count). The van der Waals surface area contributed by atoms with Gasteiger partial charge in [-0.25, -0.2) is 19.5 Å². The van der Waals surface area contributed by atoms with Crippen LogP contribution in [0, 0.1) is 0 Å². The number of hydrogen-bond acceptors (Lipinski definition) is 9. The van der Waals surface area contributed by atoms with E-state index < -0.39 is 20.2 Å². The maximum absolute atomic E-state index is 12.7. The summed E-state index contributed by atoms with van der Waals surface area (Å²) in [4.78, 5) is 25.4. The van der Waals surface area contributed by atoms with Crippen molar-refractivity contribution in [2.24, 2.45) is 0 Å². The minimum absolute atomic E-state index is 0.168. The van der Waals surface area contributed by atoms with Crippen LogP contribution in [-0.2, 0) is 22.9 Å². The van der Waals surface area contributed by atoms with Crippen molar-refractivity contribution in [1.82, 2.24) is 19.5 Å². The number of carbonyl (C=O) groups excluding carboxylic acids is 1. The highest BCUT2D eigenvalue weighted by molar-refractivity contribution is 7.48. The molecule has 0 bridgehead atoms. The number of phosphoric ester groups is 1. The van der Waals surface area contributed by atoms with Crippen molar-refractivity contribution in [3.8, 4) is 0 Å². The Morgan fingerprint density at radius 3 is 2.64 bits per heavy atom. The molecule has 1 aliphatic rings. The van der Waals surface area contributed by atoms with Crippen LogP contribution in [0.3, 0.4) is 0 Å². The molecule has 3 heterocycles. The summed E-state index contributed by atoms with van der Waals surface area (Å²) in [6.45, 7) is 7.60. The SMILES string of the molecule is C=C1O[C@@H](n2cnc3c(NC(=O)c4ccccc4)ncnc32)C[C@@H]1OP(=O)(OCC)OCC. The van der Waals surface area contributed by atoms with Crippen molar-refractivity contribution >= 4 is 30.7 Å². The molecule has 1 N–H and O–H groups in total. The number of nitrogens with zero attached hydrogens (tertiary/aromatic N) is 4. The molecule has 1 fully saturated rings. The minimum Gasteiger partial charge on any atom is -0.472 e. The molecule has 2 aromatic heterocycles. The third-order valence-corrected chi connectivity index (χ3v) is 6.49. The van der Waals surface area contributed by atoms with E-state index in [-0.39, 0.29) is 37.1 Å². The van der Waals surface area contributed by atoms with E-state index in [2.05, 4.69) is 26.8 Å². The molecule has 0 radical (unpaired) electrons. The molecule has 1 aliphatic heterocycles. The second kappa shape index (κ2) is 9.80. The van der Waals surface area contributed by atoms with Gasteiger partial charge in [-0.2, -0.15) is 0 Å². The summed E-state index contributed by atoms with van der Waals surface area (Å²) in [5, 5.41) is 2.76. The number of ether oxygens (including phenoxy) is 1. The molecule has 0 saturated carbocycles. The van der Waals surface area contributed by atoms with Gasteiger partial charge in [-0.05, 0) is 26.0 Å². The van der Waals surface area contributed by atoms with Crippen LogP contribution < -0.4 is 5.32 Å². The van der Waals surface area contributed by atoms with Crippen LogP contribution in [0.25, 0.3) is 11.2 Å². The first-order chi connectivity index (χ1) is 15.9. The van der Waals surface area contributed by atoms with Crippen molar-refractivity contribution in [3.05, 3.63) is 60.9 Å². The first-order valence-electron chi connectivity index (χ1n) is 10.4. The molecule has 1 amide bonds. The van der Waals surface area contributed by atoms with E-state index in [9.17, 15) is 9.36 Å². The van der Waals surface area contributed by atoms with Crippen LogP contribution in [0.2, 0.25) is 0 Å². The van der Waals surface area contributed by atoms with E-state index in [0.29, 0.717) is 16.7 Å². The number of benzene rings is 1. The third-order valence-electron chi connectivity index (χ3n) is 4.83. The lowest BCUT2D eigenvalue weighted by molar-refractivity contribution is 0.0923. The Hall–Kier alpha value is -3.11. The molecule has 0 unspecified atom stereocenters. The van der Waals surface area contributed by atoms with E-state index in [1.54, 1.807) is 42.7 Å². The lowest BCUT2D eigenvalue weighted by Gasteiger charge is -2.19. The van der Waals surface area contributed by atoms with Crippen molar-refractivity contribution in [1.29, 1.82) is 0 Å². The van der Waals surface area contributed by atoms with Gasteiger partial charge in [-0.15, -0.1) is 0 Å². The van der Waals surface area contributed by atoms with Crippen molar-refractivity contribution < 1.29 is 27.7 Å². The number of aromatic nitrogens is 4. The molecular formula is C21H24N5O6P. The monoisotopic (exact) mass is 473 g/mol. The van der Waals surface area contributed by atoms with E-state index in [1.807, 2.05) is 6.07 Å². The van der Waals surface area contributed by atoms with E-state index >= 15 is 0 Å². The highest BCUT2D eigenvalue weighted by Gasteiger charge is 2.39. The Balaban J connectivity index is 1.54. The Morgan fingerprint density at radius 1 is 1.21 bits per heavy atom. The molecule has 3 aromatic rings. The van der Waals surface area contributed by atoms with Gasteiger partial charge in [0.1, 0.15) is 24.5 Å². The van der Waals surface area contributed by atoms with E-state index in [1.165, 1.54) is 12.7 Å². The zero-order valence-corrected chi connectivity index (χ0v) is 19.1. The lowest BCUT2D eigenvalue weighted by atomic mass is 10.2.